The van der Waals surface area contributed by atoms with Gasteiger partial charge in [-0.1, -0.05) is 31.7 Å². The highest BCUT2D eigenvalue weighted by Crippen LogP contribution is 2.42. The smallest absolute Gasteiger partial charge is 0.228 e. The van der Waals surface area contributed by atoms with Crippen molar-refractivity contribution >= 4 is 11.7 Å². The first-order chi connectivity index (χ1) is 10.3. The molecule has 2 aliphatic carbocycles. The number of nitrogens with zero attached hydrogens (tertiary/aromatic N) is 1. The van der Waals surface area contributed by atoms with Crippen molar-refractivity contribution in [3.8, 4) is 0 Å². The van der Waals surface area contributed by atoms with Crippen molar-refractivity contribution in [1.29, 1.82) is 0 Å². The average molecular weight is 287 g/mol. The summed E-state index contributed by atoms with van der Waals surface area (Å²) in [6.07, 6.45) is 10.5. The molecule has 3 rings (SSSR count). The lowest BCUT2D eigenvalue weighted by Crippen LogP contribution is -2.34. The van der Waals surface area contributed by atoms with Crippen molar-refractivity contribution in [1.82, 2.24) is 4.98 Å². The van der Waals surface area contributed by atoms with Crippen molar-refractivity contribution in [2.24, 2.45) is 23.5 Å². The van der Waals surface area contributed by atoms with E-state index < -0.39 is 0 Å². The molecular formula is C17H25N3O. The van der Waals surface area contributed by atoms with Gasteiger partial charge in [-0.25, -0.2) is 4.98 Å². The van der Waals surface area contributed by atoms with Crippen LogP contribution in [0.3, 0.4) is 0 Å². The first kappa shape index (κ1) is 14.5. The maximum absolute atomic E-state index is 12.4. The molecule has 0 radical (unpaired) electrons. The molecule has 4 heteroatoms. The summed E-state index contributed by atoms with van der Waals surface area (Å²) >= 11 is 0. The Bertz CT molecular complexity index is 485. The second kappa shape index (κ2) is 6.56. The van der Waals surface area contributed by atoms with E-state index in [0.29, 0.717) is 12.4 Å². The molecule has 4 nitrogen and oxygen atoms in total. The summed E-state index contributed by atoms with van der Waals surface area (Å²) in [4.78, 5) is 16.7. The zero-order valence-corrected chi connectivity index (χ0v) is 12.6. The number of nitrogens with one attached hydrogen (secondary N) is 1. The first-order valence-corrected chi connectivity index (χ1v) is 8.22. The highest BCUT2D eigenvalue weighted by molar-refractivity contribution is 5.91. The highest BCUT2D eigenvalue weighted by Gasteiger charge is 2.34. The highest BCUT2D eigenvalue weighted by atomic mass is 16.1. The van der Waals surface area contributed by atoms with Crippen molar-refractivity contribution < 1.29 is 4.79 Å². The molecule has 0 spiro atoms. The van der Waals surface area contributed by atoms with Crippen LogP contribution >= 0.6 is 0 Å². The lowest BCUT2D eigenvalue weighted by Gasteiger charge is -2.38. The zero-order valence-electron chi connectivity index (χ0n) is 12.6. The Morgan fingerprint density at radius 3 is 2.71 bits per heavy atom. The van der Waals surface area contributed by atoms with Crippen molar-refractivity contribution in [2.45, 2.75) is 51.5 Å². The van der Waals surface area contributed by atoms with E-state index in [1.165, 1.54) is 32.1 Å². The van der Waals surface area contributed by atoms with Gasteiger partial charge in [0.1, 0.15) is 5.82 Å². The third kappa shape index (κ3) is 3.43. The molecule has 1 aromatic heterocycles. The molecule has 2 saturated carbocycles. The van der Waals surface area contributed by atoms with Crippen molar-refractivity contribution in [3.05, 3.63) is 23.9 Å². The molecule has 1 amide bonds. The predicted octanol–water partition coefficient (Wildman–Crippen LogP) is 3.09. The number of fused-ring (bicyclic) bond motifs is 1. The van der Waals surface area contributed by atoms with E-state index in [1.54, 1.807) is 6.20 Å². The lowest BCUT2D eigenvalue weighted by atomic mass is 9.67. The number of nitrogens with two attached hydrogens (primary N) is 1. The van der Waals surface area contributed by atoms with E-state index in [-0.39, 0.29) is 11.8 Å². The molecule has 0 aromatic carbocycles. The summed E-state index contributed by atoms with van der Waals surface area (Å²) in [6, 6.07) is 3.76. The summed E-state index contributed by atoms with van der Waals surface area (Å²) in [7, 11) is 0. The predicted molar refractivity (Wildman–Crippen MR) is 83.5 cm³/mol. The van der Waals surface area contributed by atoms with Crippen LogP contribution in [0.5, 0.6) is 0 Å². The Morgan fingerprint density at radius 1 is 1.19 bits per heavy atom. The standard InChI is InChI=1S/C17H25N3O/c18-10-12-5-8-16(19-11-12)20-17(21)15-7-6-13-3-1-2-4-14(13)9-15/h5,8,11,13-15H,1-4,6-7,9-10,18H2,(H,19,20,21). The molecule has 21 heavy (non-hydrogen) atoms. The van der Waals surface area contributed by atoms with Gasteiger partial charge in [-0.05, 0) is 42.7 Å². The Balaban J connectivity index is 1.57. The van der Waals surface area contributed by atoms with Gasteiger partial charge >= 0.3 is 0 Å². The maximum atomic E-state index is 12.4. The van der Waals surface area contributed by atoms with Crippen LogP contribution in [0.25, 0.3) is 0 Å². The number of rotatable bonds is 3. The fraction of sp³-hybridized carbons (Fsp3) is 0.647. The third-order valence-corrected chi connectivity index (χ3v) is 5.22. The van der Waals surface area contributed by atoms with E-state index in [9.17, 15) is 4.79 Å². The van der Waals surface area contributed by atoms with Crippen LogP contribution in [-0.2, 0) is 11.3 Å². The van der Waals surface area contributed by atoms with Crippen LogP contribution in [0, 0.1) is 17.8 Å². The molecule has 1 heterocycles. The van der Waals surface area contributed by atoms with Crippen LogP contribution in [0.1, 0.15) is 50.5 Å². The number of amides is 1. The summed E-state index contributed by atoms with van der Waals surface area (Å²) in [5.74, 6) is 2.61. The number of carbonyl (C=O) groups excluding carboxylic acids is 1. The largest absolute Gasteiger partial charge is 0.326 e. The van der Waals surface area contributed by atoms with Gasteiger partial charge in [-0.15, -0.1) is 0 Å². The van der Waals surface area contributed by atoms with Gasteiger partial charge in [0.05, 0.1) is 0 Å². The third-order valence-electron chi connectivity index (χ3n) is 5.22. The molecule has 114 valence electrons. The number of hydrogen-bond donors (Lipinski definition) is 2. The minimum atomic E-state index is 0.145. The van der Waals surface area contributed by atoms with Gasteiger partial charge in [0, 0.05) is 18.7 Å². The lowest BCUT2D eigenvalue weighted by molar-refractivity contribution is -0.122. The molecule has 3 N–H and O–H groups in total. The average Bonchev–Trinajstić information content (AvgIpc) is 2.55. The minimum absolute atomic E-state index is 0.145. The fourth-order valence-corrected chi connectivity index (χ4v) is 3.96. The molecular weight excluding hydrogens is 262 g/mol. The second-order valence-corrected chi connectivity index (χ2v) is 6.56. The topological polar surface area (TPSA) is 68.0 Å². The van der Waals surface area contributed by atoms with Crippen molar-refractivity contribution in [3.63, 3.8) is 0 Å². The molecule has 3 atom stereocenters. The number of anilines is 1. The van der Waals surface area contributed by atoms with Gasteiger partial charge in [0.2, 0.25) is 5.91 Å². The number of pyridine rings is 1. The summed E-state index contributed by atoms with van der Waals surface area (Å²) in [6.45, 7) is 0.479. The molecule has 0 aliphatic heterocycles. The summed E-state index contributed by atoms with van der Waals surface area (Å²) in [5, 5.41) is 2.97. The van der Waals surface area contributed by atoms with Crippen LogP contribution in [0.2, 0.25) is 0 Å². The maximum Gasteiger partial charge on any atom is 0.228 e. The molecule has 0 bridgehead atoms. The van der Waals surface area contributed by atoms with E-state index >= 15 is 0 Å². The fourth-order valence-electron chi connectivity index (χ4n) is 3.96. The van der Waals surface area contributed by atoms with Gasteiger partial charge in [0.25, 0.3) is 0 Å². The second-order valence-electron chi connectivity index (χ2n) is 6.56. The van der Waals surface area contributed by atoms with Gasteiger partial charge in [-0.2, -0.15) is 0 Å². The van der Waals surface area contributed by atoms with E-state index in [0.717, 1.165) is 30.2 Å². The Morgan fingerprint density at radius 2 is 2.00 bits per heavy atom. The number of carbonyl (C=O) groups is 1. The number of hydrogen-bond acceptors (Lipinski definition) is 3. The van der Waals surface area contributed by atoms with E-state index in [1.807, 2.05) is 12.1 Å². The Kier molecular flexibility index (Phi) is 4.54. The normalized spacial score (nSPS) is 28.7. The number of aromatic nitrogens is 1. The van der Waals surface area contributed by atoms with Gasteiger partial charge in [0.15, 0.2) is 0 Å². The van der Waals surface area contributed by atoms with Crippen molar-refractivity contribution in [2.75, 3.05) is 5.32 Å². The zero-order chi connectivity index (χ0) is 14.7. The van der Waals surface area contributed by atoms with Gasteiger partial charge in [-0.3, -0.25) is 4.79 Å². The molecule has 0 saturated heterocycles. The van der Waals surface area contributed by atoms with Crippen LogP contribution < -0.4 is 11.1 Å². The first-order valence-electron chi connectivity index (χ1n) is 8.22. The Labute approximate surface area is 126 Å². The monoisotopic (exact) mass is 287 g/mol. The molecule has 2 aliphatic rings. The van der Waals surface area contributed by atoms with Crippen LogP contribution in [0.4, 0.5) is 5.82 Å². The summed E-state index contributed by atoms with van der Waals surface area (Å²) in [5.41, 5.74) is 6.54. The van der Waals surface area contributed by atoms with E-state index in [2.05, 4.69) is 10.3 Å². The SMILES string of the molecule is NCc1ccc(NC(=O)C2CCC3CCCCC3C2)nc1. The molecule has 3 unspecified atom stereocenters. The van der Waals surface area contributed by atoms with Crippen LogP contribution in [0.15, 0.2) is 18.3 Å². The molecule has 2 fully saturated rings. The quantitative estimate of drug-likeness (QED) is 0.897. The van der Waals surface area contributed by atoms with E-state index in [4.69, 9.17) is 5.73 Å². The minimum Gasteiger partial charge on any atom is -0.326 e. The Hall–Kier alpha value is -1.42. The molecule has 1 aromatic rings. The summed E-state index contributed by atoms with van der Waals surface area (Å²) < 4.78 is 0. The van der Waals surface area contributed by atoms with Gasteiger partial charge < -0.3 is 11.1 Å². The van der Waals surface area contributed by atoms with Crippen LogP contribution in [-0.4, -0.2) is 10.9 Å².